The van der Waals surface area contributed by atoms with Gasteiger partial charge in [0.05, 0.1) is 20.8 Å². The summed E-state index contributed by atoms with van der Waals surface area (Å²) in [6.07, 6.45) is 11.9. The number of rotatable bonds is 9. The summed E-state index contributed by atoms with van der Waals surface area (Å²) in [5, 5.41) is 0. The van der Waals surface area contributed by atoms with Crippen LogP contribution < -0.4 is 0 Å². The molecule has 4 atom stereocenters. The van der Waals surface area contributed by atoms with Gasteiger partial charge in [0.1, 0.15) is 0 Å². The molecule has 0 unspecified atom stereocenters. The van der Waals surface area contributed by atoms with Crippen LogP contribution >= 0.6 is 0 Å². The number of unbranched alkanes of at least 4 members (excludes halogenated alkanes) is 2. The van der Waals surface area contributed by atoms with E-state index >= 15 is 0 Å². The minimum Gasteiger partial charge on any atom is -0.373 e. The summed E-state index contributed by atoms with van der Waals surface area (Å²) in [4.78, 5) is 0. The standard InChI is InChI=1S/C26H42OSi/c1-7-8-9-10-14-19-28(5,6)23-22-17-18-26(4,25(22,2)3)24(23)27-20-21-15-12-11-13-16-21/h10-16,22-24H,7-9,17-20H2,1-6H3/b14-10+/t22-,23-,24-,26+/m0/s1. The first-order valence-electron chi connectivity index (χ1n) is 11.5. The van der Waals surface area contributed by atoms with Crippen molar-refractivity contribution in [1.82, 2.24) is 0 Å². The summed E-state index contributed by atoms with van der Waals surface area (Å²) >= 11 is 0. The Hall–Kier alpha value is -0.863. The van der Waals surface area contributed by atoms with E-state index in [-0.39, 0.29) is 0 Å². The molecule has 156 valence electrons. The van der Waals surface area contributed by atoms with Gasteiger partial charge in [-0.15, -0.1) is 0 Å². The van der Waals surface area contributed by atoms with Gasteiger partial charge in [-0.3, -0.25) is 0 Å². The van der Waals surface area contributed by atoms with Gasteiger partial charge in [-0.05, 0) is 53.2 Å². The van der Waals surface area contributed by atoms with Gasteiger partial charge >= 0.3 is 0 Å². The molecule has 0 amide bonds. The van der Waals surface area contributed by atoms with Gasteiger partial charge in [0.25, 0.3) is 0 Å². The normalized spacial score (nSPS) is 31.7. The SMILES string of the molecule is CCCC/C=C/C[Si](C)(C)[C@H]1[C@@H]2CC[C@](C)([C@H]1OCc1ccccc1)C2(C)C. The maximum Gasteiger partial charge on any atom is 0.0720 e. The molecule has 0 saturated heterocycles. The molecule has 28 heavy (non-hydrogen) atoms. The zero-order valence-electron chi connectivity index (χ0n) is 19.1. The van der Waals surface area contributed by atoms with Crippen molar-refractivity contribution in [1.29, 1.82) is 0 Å². The van der Waals surface area contributed by atoms with Gasteiger partial charge in [0.2, 0.25) is 0 Å². The maximum absolute atomic E-state index is 6.82. The number of benzene rings is 1. The molecule has 2 fully saturated rings. The molecule has 0 aliphatic heterocycles. The van der Waals surface area contributed by atoms with Crippen LogP contribution in [-0.2, 0) is 11.3 Å². The van der Waals surface area contributed by atoms with Crippen LogP contribution in [0.5, 0.6) is 0 Å². The van der Waals surface area contributed by atoms with Crippen molar-refractivity contribution in [2.24, 2.45) is 16.7 Å². The molecule has 1 nitrogen and oxygen atoms in total. The fraction of sp³-hybridized carbons (Fsp3) is 0.692. The Bertz CT molecular complexity index is 662. The number of ether oxygens (including phenoxy) is 1. The summed E-state index contributed by atoms with van der Waals surface area (Å²) in [5.41, 5.74) is 2.77. The van der Waals surface area contributed by atoms with Crippen LogP contribution in [0.1, 0.15) is 65.4 Å². The Balaban J connectivity index is 1.79. The van der Waals surface area contributed by atoms with Gasteiger partial charge in [-0.2, -0.15) is 0 Å². The molecule has 0 spiro atoms. The first-order valence-corrected chi connectivity index (χ1v) is 14.8. The second-order valence-electron chi connectivity index (χ2n) is 10.8. The zero-order valence-corrected chi connectivity index (χ0v) is 20.1. The lowest BCUT2D eigenvalue weighted by Gasteiger charge is -2.44. The Morgan fingerprint density at radius 2 is 1.82 bits per heavy atom. The van der Waals surface area contributed by atoms with Crippen molar-refractivity contribution in [2.75, 3.05) is 0 Å². The molecule has 2 heteroatoms. The number of allylic oxidation sites excluding steroid dienone is 2. The van der Waals surface area contributed by atoms with E-state index in [1.165, 1.54) is 43.7 Å². The van der Waals surface area contributed by atoms with E-state index in [9.17, 15) is 0 Å². The van der Waals surface area contributed by atoms with Crippen molar-refractivity contribution in [3.05, 3.63) is 48.0 Å². The van der Waals surface area contributed by atoms with Crippen molar-refractivity contribution in [3.8, 4) is 0 Å². The third-order valence-electron chi connectivity index (χ3n) is 8.47. The summed E-state index contributed by atoms with van der Waals surface area (Å²) in [6, 6.07) is 12.1. The smallest absolute Gasteiger partial charge is 0.0720 e. The zero-order chi connectivity index (χ0) is 20.4. The van der Waals surface area contributed by atoms with Gasteiger partial charge < -0.3 is 4.74 Å². The van der Waals surface area contributed by atoms with Crippen LogP contribution in [0.25, 0.3) is 0 Å². The van der Waals surface area contributed by atoms with E-state index in [1.807, 2.05) is 0 Å². The molecule has 0 N–H and O–H groups in total. The van der Waals surface area contributed by atoms with Crippen molar-refractivity contribution in [3.63, 3.8) is 0 Å². The van der Waals surface area contributed by atoms with Crippen LogP contribution in [0, 0.1) is 16.7 Å². The monoisotopic (exact) mass is 398 g/mol. The highest BCUT2D eigenvalue weighted by molar-refractivity contribution is 6.79. The van der Waals surface area contributed by atoms with E-state index in [0.717, 1.165) is 18.1 Å². The van der Waals surface area contributed by atoms with E-state index in [4.69, 9.17) is 4.74 Å². The molecular weight excluding hydrogens is 356 g/mol. The lowest BCUT2D eigenvalue weighted by Crippen LogP contribution is -2.46. The van der Waals surface area contributed by atoms with Crippen molar-refractivity contribution < 1.29 is 4.74 Å². The van der Waals surface area contributed by atoms with Crippen LogP contribution in [0.15, 0.2) is 42.5 Å². The fourth-order valence-corrected chi connectivity index (χ4v) is 10.3. The lowest BCUT2D eigenvalue weighted by atomic mass is 9.70. The molecular formula is C26H42OSi. The van der Waals surface area contributed by atoms with Gasteiger partial charge in [-0.1, -0.05) is 96.1 Å². The fourth-order valence-electron chi connectivity index (χ4n) is 6.27. The summed E-state index contributed by atoms with van der Waals surface area (Å²) < 4.78 is 6.82. The highest BCUT2D eigenvalue weighted by atomic mass is 28.3. The predicted octanol–water partition coefficient (Wildman–Crippen LogP) is 7.85. The van der Waals surface area contributed by atoms with E-state index in [0.29, 0.717) is 16.9 Å². The van der Waals surface area contributed by atoms with Crippen LogP contribution in [-0.4, -0.2) is 14.2 Å². The van der Waals surface area contributed by atoms with Gasteiger partial charge in [-0.25, -0.2) is 0 Å². The third-order valence-corrected chi connectivity index (χ3v) is 12.3. The maximum atomic E-state index is 6.82. The second kappa shape index (κ2) is 8.48. The van der Waals surface area contributed by atoms with E-state index in [2.05, 4.69) is 83.3 Å². The lowest BCUT2D eigenvalue weighted by molar-refractivity contribution is -0.0557. The first-order chi connectivity index (χ1) is 13.2. The summed E-state index contributed by atoms with van der Waals surface area (Å²) in [6.45, 7) is 15.9. The molecule has 0 heterocycles. The Kier molecular flexibility index (Phi) is 6.61. The molecule has 1 aromatic rings. The van der Waals surface area contributed by atoms with Crippen LogP contribution in [0.3, 0.4) is 0 Å². The molecule has 2 saturated carbocycles. The Morgan fingerprint density at radius 1 is 1.11 bits per heavy atom. The average Bonchev–Trinajstić information content (AvgIpc) is 2.99. The topological polar surface area (TPSA) is 9.23 Å². The second-order valence-corrected chi connectivity index (χ2v) is 15.9. The van der Waals surface area contributed by atoms with E-state index in [1.54, 1.807) is 0 Å². The molecule has 1 aromatic carbocycles. The summed E-state index contributed by atoms with van der Waals surface area (Å²) in [5.74, 6) is 0.823. The van der Waals surface area contributed by atoms with E-state index < -0.39 is 8.07 Å². The Labute approximate surface area is 175 Å². The largest absolute Gasteiger partial charge is 0.373 e. The average molecular weight is 399 g/mol. The Morgan fingerprint density at radius 3 is 2.50 bits per heavy atom. The van der Waals surface area contributed by atoms with Crippen molar-refractivity contribution in [2.45, 2.75) is 97.2 Å². The molecule has 0 radical (unpaired) electrons. The number of fused-ring (bicyclic) bond motifs is 2. The molecule has 3 rings (SSSR count). The first kappa shape index (κ1) is 21.8. The highest BCUT2D eigenvalue weighted by Gasteiger charge is 2.69. The number of hydrogen-bond donors (Lipinski definition) is 0. The molecule has 0 aromatic heterocycles. The van der Waals surface area contributed by atoms with Crippen LogP contribution in [0.4, 0.5) is 0 Å². The predicted molar refractivity (Wildman–Crippen MR) is 124 cm³/mol. The third kappa shape index (κ3) is 3.92. The number of hydrogen-bond acceptors (Lipinski definition) is 1. The summed E-state index contributed by atoms with van der Waals surface area (Å²) in [7, 11) is -1.43. The van der Waals surface area contributed by atoms with Crippen LogP contribution in [0.2, 0.25) is 24.7 Å². The van der Waals surface area contributed by atoms with Gasteiger partial charge in [0, 0.05) is 0 Å². The molecule has 2 aliphatic rings. The minimum atomic E-state index is -1.43. The molecule has 2 bridgehead atoms. The molecule has 2 aliphatic carbocycles. The van der Waals surface area contributed by atoms with Crippen molar-refractivity contribution >= 4 is 8.07 Å². The highest BCUT2D eigenvalue weighted by Crippen LogP contribution is 2.72. The van der Waals surface area contributed by atoms with Gasteiger partial charge in [0.15, 0.2) is 0 Å². The minimum absolute atomic E-state index is 0.313. The quantitative estimate of drug-likeness (QED) is 0.234.